The Morgan fingerprint density at radius 1 is 1.04 bits per heavy atom. The predicted octanol–water partition coefficient (Wildman–Crippen LogP) is 2.47. The summed E-state index contributed by atoms with van der Waals surface area (Å²) in [6.07, 6.45) is 0.950. The lowest BCUT2D eigenvalue weighted by Crippen LogP contribution is -2.17. The van der Waals surface area contributed by atoms with Gasteiger partial charge in [-0.3, -0.25) is 0 Å². The third kappa shape index (κ3) is 3.04. The van der Waals surface area contributed by atoms with Crippen molar-refractivity contribution in [2.45, 2.75) is 11.8 Å². The number of primary sulfonamides is 1. The van der Waals surface area contributed by atoms with E-state index in [1.165, 1.54) is 19.1 Å². The first kappa shape index (κ1) is 18.0. The predicted molar refractivity (Wildman–Crippen MR) is 85.7 cm³/mol. The number of nitrogens with zero attached hydrogens (tertiary/aromatic N) is 1. The van der Waals surface area contributed by atoms with E-state index in [2.05, 4.69) is 0 Å². The maximum atomic E-state index is 14.1. The molecule has 0 saturated carbocycles. The van der Waals surface area contributed by atoms with E-state index in [-0.39, 0.29) is 22.5 Å². The van der Waals surface area contributed by atoms with Gasteiger partial charge in [0.05, 0.1) is 11.4 Å². The van der Waals surface area contributed by atoms with Crippen LogP contribution in [-0.2, 0) is 10.0 Å². The summed E-state index contributed by atoms with van der Waals surface area (Å²) in [7, 11) is -4.61. The summed E-state index contributed by atoms with van der Waals surface area (Å²) < 4.78 is 69.9. The average molecular weight is 384 g/mol. The van der Waals surface area contributed by atoms with Crippen LogP contribution in [0.25, 0.3) is 16.9 Å². The van der Waals surface area contributed by atoms with Gasteiger partial charge in [0.25, 0.3) is 0 Å². The molecule has 0 atom stereocenters. The lowest BCUT2D eigenvalue weighted by molar-refractivity contribution is 0.504. The van der Waals surface area contributed by atoms with Crippen LogP contribution in [0.5, 0.6) is 0 Å². The van der Waals surface area contributed by atoms with Gasteiger partial charge in [0.2, 0.25) is 10.0 Å². The molecule has 0 unspecified atom stereocenters. The van der Waals surface area contributed by atoms with Crippen molar-refractivity contribution >= 4 is 10.0 Å². The Bertz CT molecular complexity index is 1160. The largest absolute Gasteiger partial charge is 0.424 e. The first-order valence-corrected chi connectivity index (χ1v) is 8.63. The smallest absolute Gasteiger partial charge is 0.415 e. The Hall–Kier alpha value is -2.85. The Balaban J connectivity index is 2.24. The zero-order chi connectivity index (χ0) is 19.2. The van der Waals surface area contributed by atoms with Crippen LogP contribution in [0.1, 0.15) is 5.56 Å². The van der Waals surface area contributed by atoms with Crippen LogP contribution in [0.3, 0.4) is 0 Å². The molecule has 2 N–H and O–H groups in total. The molecule has 3 rings (SSSR count). The molecule has 0 aliphatic carbocycles. The van der Waals surface area contributed by atoms with Crippen LogP contribution in [0.15, 0.2) is 50.7 Å². The molecule has 0 saturated heterocycles. The minimum absolute atomic E-state index is 0.0558. The van der Waals surface area contributed by atoms with Crippen molar-refractivity contribution in [3.8, 4) is 16.9 Å². The fraction of sp³-hybridized carbons (Fsp3) is 0.0625. The molecule has 1 aromatic heterocycles. The Morgan fingerprint density at radius 3 is 2.19 bits per heavy atom. The number of oxazole rings is 1. The maximum Gasteiger partial charge on any atom is 0.424 e. The SMILES string of the molecule is Cc1cc(-n2c(-c3cc(F)c(S(N)(=O)=O)c(F)c3)coc2=O)ccc1F. The number of benzene rings is 2. The molecule has 3 aromatic rings. The number of halogens is 3. The highest BCUT2D eigenvalue weighted by atomic mass is 32.2. The number of nitrogens with two attached hydrogens (primary N) is 1. The highest BCUT2D eigenvalue weighted by Crippen LogP contribution is 2.28. The second-order valence-corrected chi connectivity index (χ2v) is 6.97. The molecular formula is C16H11F3N2O4S. The number of sulfonamides is 1. The normalized spacial score (nSPS) is 11.7. The summed E-state index contributed by atoms with van der Waals surface area (Å²) in [6, 6.07) is 5.18. The van der Waals surface area contributed by atoms with Crippen LogP contribution in [0.4, 0.5) is 13.2 Å². The summed E-state index contributed by atoms with van der Waals surface area (Å²) in [5, 5.41) is 4.79. The number of aryl methyl sites for hydroxylation is 1. The zero-order valence-corrected chi connectivity index (χ0v) is 14.0. The third-order valence-corrected chi connectivity index (χ3v) is 4.63. The van der Waals surface area contributed by atoms with Gasteiger partial charge in [-0.1, -0.05) is 0 Å². The monoisotopic (exact) mass is 384 g/mol. The minimum Gasteiger partial charge on any atom is -0.415 e. The molecule has 136 valence electrons. The van der Waals surface area contributed by atoms with Gasteiger partial charge in [0, 0.05) is 5.56 Å². The molecule has 0 bridgehead atoms. The van der Waals surface area contributed by atoms with E-state index in [4.69, 9.17) is 9.56 Å². The van der Waals surface area contributed by atoms with Crippen molar-refractivity contribution in [2.24, 2.45) is 5.14 Å². The lowest BCUT2D eigenvalue weighted by Gasteiger charge is -2.09. The van der Waals surface area contributed by atoms with E-state index in [0.717, 1.165) is 16.9 Å². The Kier molecular flexibility index (Phi) is 4.24. The zero-order valence-electron chi connectivity index (χ0n) is 13.2. The average Bonchev–Trinajstić information content (AvgIpc) is 2.89. The number of hydrogen-bond donors (Lipinski definition) is 1. The first-order chi connectivity index (χ1) is 12.1. The molecule has 0 aliphatic rings. The summed E-state index contributed by atoms with van der Waals surface area (Å²) in [5.74, 6) is -4.21. The molecule has 6 nitrogen and oxygen atoms in total. The van der Waals surface area contributed by atoms with E-state index < -0.39 is 38.1 Å². The van der Waals surface area contributed by atoms with Gasteiger partial charge in [0.1, 0.15) is 23.7 Å². The summed E-state index contributed by atoms with van der Waals surface area (Å²) >= 11 is 0. The van der Waals surface area contributed by atoms with Gasteiger partial charge in [-0.05, 0) is 42.8 Å². The van der Waals surface area contributed by atoms with Crippen molar-refractivity contribution in [3.63, 3.8) is 0 Å². The molecule has 26 heavy (non-hydrogen) atoms. The quantitative estimate of drug-likeness (QED) is 0.750. The molecular weight excluding hydrogens is 373 g/mol. The topological polar surface area (TPSA) is 95.3 Å². The highest BCUT2D eigenvalue weighted by Gasteiger charge is 2.23. The molecule has 1 heterocycles. The first-order valence-electron chi connectivity index (χ1n) is 7.09. The lowest BCUT2D eigenvalue weighted by atomic mass is 10.1. The molecule has 0 aliphatic heterocycles. The standard InChI is InChI=1S/C16H11F3N2O4S/c1-8-4-10(2-3-11(8)17)21-14(7-25-16(21)22)9-5-12(18)15(13(19)6-9)26(20,23)24/h2-7H,1H3,(H2,20,23,24). The van der Waals surface area contributed by atoms with E-state index in [1.807, 2.05) is 0 Å². The van der Waals surface area contributed by atoms with Crippen molar-refractivity contribution in [3.05, 3.63) is 70.2 Å². The number of hydrogen-bond acceptors (Lipinski definition) is 4. The van der Waals surface area contributed by atoms with Crippen LogP contribution < -0.4 is 10.9 Å². The van der Waals surface area contributed by atoms with Gasteiger partial charge >= 0.3 is 5.76 Å². The summed E-state index contributed by atoms with van der Waals surface area (Å²) in [4.78, 5) is 10.7. The fourth-order valence-electron chi connectivity index (χ4n) is 2.50. The Labute approximate surface area is 145 Å². The maximum absolute atomic E-state index is 14.1. The van der Waals surface area contributed by atoms with Gasteiger partial charge in [-0.2, -0.15) is 0 Å². The van der Waals surface area contributed by atoms with E-state index in [0.29, 0.717) is 12.1 Å². The highest BCUT2D eigenvalue weighted by molar-refractivity contribution is 7.89. The van der Waals surface area contributed by atoms with Crippen LogP contribution in [0.2, 0.25) is 0 Å². The van der Waals surface area contributed by atoms with Crippen LogP contribution >= 0.6 is 0 Å². The van der Waals surface area contributed by atoms with E-state index >= 15 is 0 Å². The summed E-state index contributed by atoms with van der Waals surface area (Å²) in [5.41, 5.74) is 0.220. The summed E-state index contributed by atoms with van der Waals surface area (Å²) in [6.45, 7) is 1.48. The van der Waals surface area contributed by atoms with Gasteiger partial charge in [-0.15, -0.1) is 0 Å². The molecule has 10 heteroatoms. The molecule has 0 fully saturated rings. The molecule has 2 aromatic carbocycles. The molecule has 0 spiro atoms. The van der Waals surface area contributed by atoms with Gasteiger partial charge in [0.15, 0.2) is 4.90 Å². The van der Waals surface area contributed by atoms with Gasteiger partial charge < -0.3 is 4.42 Å². The van der Waals surface area contributed by atoms with Crippen LogP contribution in [-0.4, -0.2) is 13.0 Å². The van der Waals surface area contributed by atoms with Crippen molar-refractivity contribution in [1.29, 1.82) is 0 Å². The molecule has 0 amide bonds. The van der Waals surface area contributed by atoms with Gasteiger partial charge in [-0.25, -0.2) is 36.1 Å². The van der Waals surface area contributed by atoms with E-state index in [9.17, 15) is 26.4 Å². The van der Waals surface area contributed by atoms with Crippen molar-refractivity contribution in [2.75, 3.05) is 0 Å². The van der Waals surface area contributed by atoms with Crippen molar-refractivity contribution < 1.29 is 26.0 Å². The fourth-order valence-corrected chi connectivity index (χ4v) is 3.16. The minimum atomic E-state index is -4.61. The molecule has 0 radical (unpaired) electrons. The van der Waals surface area contributed by atoms with E-state index in [1.54, 1.807) is 0 Å². The van der Waals surface area contributed by atoms with Crippen LogP contribution in [0, 0.1) is 24.4 Å². The third-order valence-electron chi connectivity index (χ3n) is 3.67. The second kappa shape index (κ2) is 6.15. The Morgan fingerprint density at radius 2 is 1.65 bits per heavy atom. The second-order valence-electron chi connectivity index (χ2n) is 5.47. The van der Waals surface area contributed by atoms with Crippen molar-refractivity contribution in [1.82, 2.24) is 4.57 Å². The number of aromatic nitrogens is 1. The number of rotatable bonds is 3.